The first kappa shape index (κ1) is 9.21. The quantitative estimate of drug-likeness (QED) is 0.735. The van der Waals surface area contributed by atoms with Gasteiger partial charge in [0.15, 0.2) is 0 Å². The second kappa shape index (κ2) is 3.42. The molecule has 0 aliphatic carbocycles. The van der Waals surface area contributed by atoms with Crippen molar-refractivity contribution in [1.82, 2.24) is 4.98 Å². The zero-order chi connectivity index (χ0) is 10.0. The number of hydrogen-bond acceptors (Lipinski definition) is 3. The average molecular weight is 191 g/mol. The fourth-order valence-corrected chi connectivity index (χ4v) is 1.66. The van der Waals surface area contributed by atoms with Crippen molar-refractivity contribution >= 4 is 0 Å². The van der Waals surface area contributed by atoms with Crippen molar-refractivity contribution in [2.45, 2.75) is 25.6 Å². The Hall–Kier alpha value is -1.35. The maximum Gasteiger partial charge on any atom is 0.114 e. The largest absolute Gasteiger partial charge is 0.497 e. The molecule has 1 atom stereocenters. The minimum atomic E-state index is -0.908. The van der Waals surface area contributed by atoms with Gasteiger partial charge >= 0.3 is 0 Å². The van der Waals surface area contributed by atoms with Gasteiger partial charge in [0.25, 0.3) is 0 Å². The maximum absolute atomic E-state index is 10.3. The molecule has 0 saturated heterocycles. The van der Waals surface area contributed by atoms with Gasteiger partial charge in [-0.05, 0) is 24.1 Å². The molecule has 1 aliphatic heterocycles. The molecule has 14 heavy (non-hydrogen) atoms. The molecule has 0 bridgehead atoms. The van der Waals surface area contributed by atoms with Crippen LogP contribution in [0, 0.1) is 0 Å². The highest BCUT2D eigenvalue weighted by Gasteiger charge is 2.28. The SMILES string of the molecule is CCC1(O)C=COCc2cnccc21. The van der Waals surface area contributed by atoms with Crippen LogP contribution in [0.4, 0.5) is 0 Å². The van der Waals surface area contributed by atoms with E-state index in [2.05, 4.69) is 4.98 Å². The van der Waals surface area contributed by atoms with Crippen LogP contribution in [0.15, 0.2) is 30.8 Å². The summed E-state index contributed by atoms with van der Waals surface area (Å²) in [5.41, 5.74) is 0.931. The van der Waals surface area contributed by atoms with Crippen LogP contribution in [0.2, 0.25) is 0 Å². The van der Waals surface area contributed by atoms with Crippen LogP contribution in [0.3, 0.4) is 0 Å². The van der Waals surface area contributed by atoms with Crippen LogP contribution >= 0.6 is 0 Å². The molecule has 1 aliphatic rings. The van der Waals surface area contributed by atoms with E-state index in [1.807, 2.05) is 13.0 Å². The lowest BCUT2D eigenvalue weighted by Gasteiger charge is -2.23. The maximum atomic E-state index is 10.3. The van der Waals surface area contributed by atoms with E-state index in [-0.39, 0.29) is 0 Å². The molecule has 0 aromatic carbocycles. The lowest BCUT2D eigenvalue weighted by molar-refractivity contribution is 0.0842. The van der Waals surface area contributed by atoms with E-state index in [4.69, 9.17) is 4.74 Å². The Morgan fingerprint density at radius 3 is 3.29 bits per heavy atom. The Morgan fingerprint density at radius 2 is 2.50 bits per heavy atom. The van der Waals surface area contributed by atoms with Crippen molar-refractivity contribution in [3.05, 3.63) is 41.9 Å². The van der Waals surface area contributed by atoms with Gasteiger partial charge in [-0.2, -0.15) is 0 Å². The lowest BCUT2D eigenvalue weighted by atomic mass is 9.89. The van der Waals surface area contributed by atoms with E-state index in [1.165, 1.54) is 0 Å². The summed E-state index contributed by atoms with van der Waals surface area (Å²) in [6.45, 7) is 2.42. The van der Waals surface area contributed by atoms with Crippen molar-refractivity contribution in [3.63, 3.8) is 0 Å². The van der Waals surface area contributed by atoms with Crippen molar-refractivity contribution in [2.24, 2.45) is 0 Å². The first-order chi connectivity index (χ1) is 6.76. The number of ether oxygens (including phenoxy) is 1. The van der Waals surface area contributed by atoms with Crippen molar-refractivity contribution < 1.29 is 9.84 Å². The highest BCUT2D eigenvalue weighted by atomic mass is 16.5. The van der Waals surface area contributed by atoms with Crippen LogP contribution in [0.1, 0.15) is 24.5 Å². The molecule has 0 amide bonds. The third-order valence-corrected chi connectivity index (χ3v) is 2.59. The van der Waals surface area contributed by atoms with E-state index in [0.717, 1.165) is 11.1 Å². The van der Waals surface area contributed by atoms with Crippen LogP contribution in [-0.4, -0.2) is 10.1 Å². The highest BCUT2D eigenvalue weighted by Crippen LogP contribution is 2.31. The predicted octanol–water partition coefficient (Wildman–Crippen LogP) is 1.72. The van der Waals surface area contributed by atoms with Crippen LogP contribution in [0.5, 0.6) is 0 Å². The molecule has 3 heteroatoms. The Kier molecular flexibility index (Phi) is 2.25. The summed E-state index contributed by atoms with van der Waals surface area (Å²) in [5, 5.41) is 10.3. The minimum absolute atomic E-state index is 0.474. The standard InChI is InChI=1S/C11H13NO2/c1-2-11(13)4-6-14-8-9-7-12-5-3-10(9)11/h3-7,13H,2,8H2,1H3. The monoisotopic (exact) mass is 191 g/mol. The number of rotatable bonds is 1. The average Bonchev–Trinajstić information content (AvgIpc) is 2.40. The zero-order valence-corrected chi connectivity index (χ0v) is 8.10. The molecular formula is C11H13NO2. The second-order valence-corrected chi connectivity index (χ2v) is 3.42. The van der Waals surface area contributed by atoms with Gasteiger partial charge in [0.05, 0.1) is 6.26 Å². The van der Waals surface area contributed by atoms with E-state index < -0.39 is 5.60 Å². The van der Waals surface area contributed by atoms with Gasteiger partial charge in [-0.3, -0.25) is 4.98 Å². The third kappa shape index (κ3) is 1.40. The topological polar surface area (TPSA) is 42.4 Å². The molecule has 0 fully saturated rings. The van der Waals surface area contributed by atoms with Crippen LogP contribution in [0.25, 0.3) is 0 Å². The summed E-state index contributed by atoms with van der Waals surface area (Å²) >= 11 is 0. The zero-order valence-electron chi connectivity index (χ0n) is 8.10. The van der Waals surface area contributed by atoms with E-state index in [0.29, 0.717) is 13.0 Å². The van der Waals surface area contributed by atoms with Gasteiger partial charge in [0, 0.05) is 18.0 Å². The van der Waals surface area contributed by atoms with Crippen molar-refractivity contribution in [3.8, 4) is 0 Å². The predicted molar refractivity (Wildman–Crippen MR) is 52.4 cm³/mol. The van der Waals surface area contributed by atoms with Crippen molar-refractivity contribution in [2.75, 3.05) is 0 Å². The van der Waals surface area contributed by atoms with Gasteiger partial charge in [-0.25, -0.2) is 0 Å². The smallest absolute Gasteiger partial charge is 0.114 e. The fourth-order valence-electron chi connectivity index (χ4n) is 1.66. The molecular weight excluding hydrogens is 178 g/mol. The number of aromatic nitrogens is 1. The Morgan fingerprint density at radius 1 is 1.64 bits per heavy atom. The first-order valence-corrected chi connectivity index (χ1v) is 4.71. The first-order valence-electron chi connectivity index (χ1n) is 4.71. The number of hydrogen-bond donors (Lipinski definition) is 1. The molecule has 1 unspecified atom stereocenters. The molecule has 0 radical (unpaired) electrons. The summed E-state index contributed by atoms with van der Waals surface area (Å²) in [6, 6.07) is 1.85. The summed E-state index contributed by atoms with van der Waals surface area (Å²) in [6.07, 6.45) is 7.31. The van der Waals surface area contributed by atoms with Gasteiger partial charge in [0.1, 0.15) is 12.2 Å². The number of aliphatic hydroxyl groups is 1. The molecule has 1 N–H and O–H groups in total. The number of nitrogens with zero attached hydrogens (tertiary/aromatic N) is 1. The summed E-state index contributed by atoms with van der Waals surface area (Å²) in [4.78, 5) is 4.02. The second-order valence-electron chi connectivity index (χ2n) is 3.42. The van der Waals surface area contributed by atoms with Crippen molar-refractivity contribution in [1.29, 1.82) is 0 Å². The summed E-state index contributed by atoms with van der Waals surface area (Å²) in [7, 11) is 0. The molecule has 1 aromatic heterocycles. The minimum Gasteiger partial charge on any atom is -0.497 e. The third-order valence-electron chi connectivity index (χ3n) is 2.59. The van der Waals surface area contributed by atoms with Gasteiger partial charge in [0.2, 0.25) is 0 Å². The van der Waals surface area contributed by atoms with Crippen LogP contribution in [-0.2, 0) is 16.9 Å². The number of fused-ring (bicyclic) bond motifs is 1. The van der Waals surface area contributed by atoms with Gasteiger partial charge in [-0.15, -0.1) is 0 Å². The Balaban J connectivity index is 2.54. The molecule has 3 nitrogen and oxygen atoms in total. The molecule has 1 aromatic rings. The van der Waals surface area contributed by atoms with Gasteiger partial charge in [-0.1, -0.05) is 6.92 Å². The van der Waals surface area contributed by atoms with E-state index in [9.17, 15) is 5.11 Å². The molecule has 2 rings (SSSR count). The molecule has 74 valence electrons. The van der Waals surface area contributed by atoms with Gasteiger partial charge < -0.3 is 9.84 Å². The summed E-state index contributed by atoms with van der Waals surface area (Å²) < 4.78 is 5.24. The normalized spacial score (nSPS) is 25.0. The molecule has 2 heterocycles. The van der Waals surface area contributed by atoms with Crippen LogP contribution < -0.4 is 0 Å². The Labute approximate surface area is 83.1 Å². The molecule has 0 spiro atoms. The number of pyridine rings is 1. The fraction of sp³-hybridized carbons (Fsp3) is 0.364. The molecule has 0 saturated carbocycles. The summed E-state index contributed by atoms with van der Waals surface area (Å²) in [5.74, 6) is 0. The highest BCUT2D eigenvalue weighted by molar-refractivity contribution is 5.33. The van der Waals surface area contributed by atoms with E-state index in [1.54, 1.807) is 24.7 Å². The Bertz CT molecular complexity index is 362. The van der Waals surface area contributed by atoms with E-state index >= 15 is 0 Å². The lowest BCUT2D eigenvalue weighted by Crippen LogP contribution is -2.22.